The zero-order chi connectivity index (χ0) is 22.5. The van der Waals surface area contributed by atoms with E-state index in [-0.39, 0.29) is 17.7 Å². The number of methoxy groups -OCH3 is 1. The van der Waals surface area contributed by atoms with Gasteiger partial charge in [-0.15, -0.1) is 0 Å². The van der Waals surface area contributed by atoms with Gasteiger partial charge in [0.25, 0.3) is 5.56 Å². The fourth-order valence-corrected chi connectivity index (χ4v) is 3.59. The van der Waals surface area contributed by atoms with Crippen LogP contribution in [0.25, 0.3) is 16.8 Å². The lowest BCUT2D eigenvalue weighted by Crippen LogP contribution is -2.38. The first-order valence-electron chi connectivity index (χ1n) is 10.3. The second-order valence-electron chi connectivity index (χ2n) is 7.41. The third-order valence-electron chi connectivity index (χ3n) is 5.26. The number of hydrogen-bond donors (Lipinski definition) is 1. The molecule has 0 atom stereocenters. The molecule has 4 rings (SSSR count). The zero-order valence-electron chi connectivity index (χ0n) is 17.8. The maximum atomic E-state index is 13.0. The molecule has 0 aromatic carbocycles. The van der Waals surface area contributed by atoms with E-state index in [0.29, 0.717) is 43.5 Å². The molecule has 0 radical (unpaired) electrons. The average molecular weight is 439 g/mol. The number of nitrogens with two attached hydrogens (primary N) is 1. The Balaban J connectivity index is 1.58. The normalized spacial score (nSPS) is 14.4. The number of rotatable bonds is 8. The number of hydrogen-bond acceptors (Lipinski definition) is 8. The minimum atomic E-state index is -0.486. The molecule has 3 aromatic heterocycles. The second kappa shape index (κ2) is 9.75. The van der Waals surface area contributed by atoms with E-state index >= 15 is 0 Å². The predicted molar refractivity (Wildman–Crippen MR) is 117 cm³/mol. The highest BCUT2D eigenvalue weighted by molar-refractivity contribution is 5.78. The van der Waals surface area contributed by atoms with Crippen LogP contribution in [0.1, 0.15) is 5.56 Å². The van der Waals surface area contributed by atoms with Crippen molar-refractivity contribution >= 4 is 11.6 Å². The van der Waals surface area contributed by atoms with Crippen molar-refractivity contribution in [2.45, 2.75) is 6.42 Å². The minimum absolute atomic E-state index is 0.000228. The van der Waals surface area contributed by atoms with Gasteiger partial charge in [0, 0.05) is 48.7 Å². The highest BCUT2D eigenvalue weighted by atomic mass is 16.5. The summed E-state index contributed by atoms with van der Waals surface area (Å²) < 4.78 is 17.7. The number of amides is 1. The Kier molecular flexibility index (Phi) is 6.62. The number of primary amides is 1. The van der Waals surface area contributed by atoms with Crippen molar-refractivity contribution in [1.29, 1.82) is 0 Å². The fraction of sp³-hybridized carbons (Fsp3) is 0.364. The van der Waals surface area contributed by atoms with E-state index in [0.717, 1.165) is 24.2 Å². The molecule has 168 valence electrons. The van der Waals surface area contributed by atoms with Crippen molar-refractivity contribution in [2.75, 3.05) is 46.6 Å². The Morgan fingerprint density at radius 3 is 2.75 bits per heavy atom. The molecule has 10 heteroatoms. The third kappa shape index (κ3) is 4.87. The van der Waals surface area contributed by atoms with Crippen molar-refractivity contribution < 1.29 is 19.0 Å². The van der Waals surface area contributed by atoms with Crippen molar-refractivity contribution in [1.82, 2.24) is 19.3 Å². The minimum Gasteiger partial charge on any atom is -0.485 e. The SMILES string of the molecule is COc1ncc(-c2ccc3ncc(OCCN4CCOCC4)c(=O)n3c2)cc1CC(N)=O. The lowest BCUT2D eigenvalue weighted by Gasteiger charge is -2.26. The molecule has 3 aromatic rings. The first kappa shape index (κ1) is 21.7. The highest BCUT2D eigenvalue weighted by Gasteiger charge is 2.13. The number of nitrogens with zero attached hydrogens (tertiary/aromatic N) is 4. The van der Waals surface area contributed by atoms with Crippen molar-refractivity contribution in [2.24, 2.45) is 5.73 Å². The van der Waals surface area contributed by atoms with Crippen LogP contribution >= 0.6 is 0 Å². The summed E-state index contributed by atoms with van der Waals surface area (Å²) in [6, 6.07) is 5.35. The van der Waals surface area contributed by atoms with Crippen LogP contribution in [0.15, 0.2) is 41.6 Å². The van der Waals surface area contributed by atoms with Gasteiger partial charge in [0.1, 0.15) is 12.3 Å². The number of morpholine rings is 1. The van der Waals surface area contributed by atoms with Gasteiger partial charge >= 0.3 is 0 Å². The molecule has 0 bridgehead atoms. The van der Waals surface area contributed by atoms with E-state index in [9.17, 15) is 9.59 Å². The van der Waals surface area contributed by atoms with Crippen LogP contribution in [0.4, 0.5) is 0 Å². The predicted octanol–water partition coefficient (Wildman–Crippen LogP) is 0.504. The summed E-state index contributed by atoms with van der Waals surface area (Å²) in [6.45, 7) is 4.24. The van der Waals surface area contributed by atoms with Gasteiger partial charge < -0.3 is 19.9 Å². The lowest BCUT2D eigenvalue weighted by molar-refractivity contribution is -0.117. The van der Waals surface area contributed by atoms with Crippen LogP contribution in [-0.4, -0.2) is 71.7 Å². The molecular weight excluding hydrogens is 414 g/mol. The first-order valence-corrected chi connectivity index (χ1v) is 10.3. The van der Waals surface area contributed by atoms with Crippen LogP contribution in [0.2, 0.25) is 0 Å². The summed E-state index contributed by atoms with van der Waals surface area (Å²) in [7, 11) is 1.48. The van der Waals surface area contributed by atoms with Crippen LogP contribution < -0.4 is 20.8 Å². The molecule has 32 heavy (non-hydrogen) atoms. The van der Waals surface area contributed by atoms with Crippen molar-refractivity contribution in [3.8, 4) is 22.8 Å². The Labute approximate surface area is 184 Å². The highest BCUT2D eigenvalue weighted by Crippen LogP contribution is 2.25. The van der Waals surface area contributed by atoms with Gasteiger partial charge in [-0.2, -0.15) is 0 Å². The van der Waals surface area contributed by atoms with Gasteiger partial charge in [-0.3, -0.25) is 18.9 Å². The summed E-state index contributed by atoms with van der Waals surface area (Å²) in [5.74, 6) is 0.0401. The molecule has 0 aliphatic carbocycles. The molecule has 1 aliphatic rings. The molecular formula is C22H25N5O5. The molecule has 2 N–H and O–H groups in total. The molecule has 0 spiro atoms. The van der Waals surface area contributed by atoms with Gasteiger partial charge in [0.05, 0.1) is 32.9 Å². The summed E-state index contributed by atoms with van der Waals surface area (Å²) >= 11 is 0. The van der Waals surface area contributed by atoms with Gasteiger partial charge in [0.15, 0.2) is 0 Å². The molecule has 1 aliphatic heterocycles. The summed E-state index contributed by atoms with van der Waals surface area (Å²) in [6.07, 6.45) is 4.75. The average Bonchev–Trinajstić information content (AvgIpc) is 2.81. The van der Waals surface area contributed by atoms with E-state index in [1.165, 1.54) is 17.7 Å². The maximum Gasteiger partial charge on any atom is 0.300 e. The number of carbonyl (C=O) groups excluding carboxylic acids is 1. The van der Waals surface area contributed by atoms with Gasteiger partial charge in [-0.25, -0.2) is 9.97 Å². The molecule has 4 heterocycles. The first-order chi connectivity index (χ1) is 15.5. The van der Waals surface area contributed by atoms with E-state index in [2.05, 4.69) is 14.9 Å². The monoisotopic (exact) mass is 439 g/mol. The number of aromatic nitrogens is 3. The fourth-order valence-electron chi connectivity index (χ4n) is 3.59. The Bertz CT molecular complexity index is 1170. The lowest BCUT2D eigenvalue weighted by atomic mass is 10.1. The molecule has 1 fully saturated rings. The van der Waals surface area contributed by atoms with E-state index in [4.69, 9.17) is 19.9 Å². The van der Waals surface area contributed by atoms with Crippen LogP contribution in [-0.2, 0) is 16.0 Å². The smallest absolute Gasteiger partial charge is 0.300 e. The van der Waals surface area contributed by atoms with Crippen LogP contribution in [0, 0.1) is 0 Å². The summed E-state index contributed by atoms with van der Waals surface area (Å²) in [5.41, 5.74) is 7.56. The van der Waals surface area contributed by atoms with Crippen LogP contribution in [0.5, 0.6) is 11.6 Å². The van der Waals surface area contributed by atoms with E-state index in [1.807, 2.05) is 6.07 Å². The van der Waals surface area contributed by atoms with E-state index < -0.39 is 5.91 Å². The molecule has 1 saturated heterocycles. The molecule has 0 unspecified atom stereocenters. The standard InChI is InChI=1S/C22H25N5O5/c1-30-21-16(11-19(23)28)10-17(12-25-21)15-2-3-20-24-13-18(22(29)27(20)14-15)32-9-6-26-4-7-31-8-5-26/h2-3,10,12-14H,4-9,11H2,1H3,(H2,23,28). The number of carbonyl (C=O) groups is 1. The van der Waals surface area contributed by atoms with Gasteiger partial charge in [-0.1, -0.05) is 0 Å². The Morgan fingerprint density at radius 2 is 2.00 bits per heavy atom. The summed E-state index contributed by atoms with van der Waals surface area (Å²) in [4.78, 5) is 35.2. The maximum absolute atomic E-state index is 13.0. The summed E-state index contributed by atoms with van der Waals surface area (Å²) in [5, 5.41) is 0. The van der Waals surface area contributed by atoms with Crippen molar-refractivity contribution in [3.05, 3.63) is 52.7 Å². The molecule has 10 nitrogen and oxygen atoms in total. The van der Waals surface area contributed by atoms with E-state index in [1.54, 1.807) is 24.5 Å². The largest absolute Gasteiger partial charge is 0.485 e. The number of pyridine rings is 2. The molecule has 1 amide bonds. The van der Waals surface area contributed by atoms with Gasteiger partial charge in [-0.05, 0) is 18.2 Å². The number of fused-ring (bicyclic) bond motifs is 1. The second-order valence-corrected chi connectivity index (χ2v) is 7.41. The van der Waals surface area contributed by atoms with Crippen LogP contribution in [0.3, 0.4) is 0 Å². The Hall–Kier alpha value is -3.50. The third-order valence-corrected chi connectivity index (χ3v) is 5.26. The quantitative estimate of drug-likeness (QED) is 0.539. The molecule has 0 saturated carbocycles. The number of ether oxygens (including phenoxy) is 3. The zero-order valence-corrected chi connectivity index (χ0v) is 17.8. The van der Waals surface area contributed by atoms with Gasteiger partial charge in [0.2, 0.25) is 17.5 Å². The Morgan fingerprint density at radius 1 is 1.19 bits per heavy atom. The van der Waals surface area contributed by atoms with Crippen molar-refractivity contribution in [3.63, 3.8) is 0 Å². The topological polar surface area (TPSA) is 121 Å².